The molecule has 3 N–H and O–H groups in total. The molecule has 0 saturated heterocycles. The van der Waals surface area contributed by atoms with Crippen LogP contribution in [-0.2, 0) is 0 Å². The molecule has 178 valence electrons. The number of rotatable bonds is 9. The second-order valence-corrected chi connectivity index (χ2v) is 8.05. The largest absolute Gasteiger partial charge is 0.493 e. The molecule has 3 rings (SSSR count). The van der Waals surface area contributed by atoms with E-state index in [0.29, 0.717) is 31.2 Å². The van der Waals surface area contributed by atoms with Crippen molar-refractivity contribution in [1.82, 2.24) is 10.6 Å². The zero-order valence-electron chi connectivity index (χ0n) is 19.6. The van der Waals surface area contributed by atoms with Crippen molar-refractivity contribution in [3.05, 3.63) is 59.7 Å². The molecule has 0 spiro atoms. The van der Waals surface area contributed by atoms with E-state index in [9.17, 15) is 0 Å². The molecule has 0 radical (unpaired) electrons. The van der Waals surface area contributed by atoms with Crippen molar-refractivity contribution in [3.63, 3.8) is 0 Å². The molecule has 1 atom stereocenters. The molecule has 34 heavy (non-hydrogen) atoms. The molecule has 0 bridgehead atoms. The number of hydrogen-bond donors (Lipinski definition) is 3. The third-order valence-electron chi connectivity index (χ3n) is 5.58. The predicted octanol–water partition coefficient (Wildman–Crippen LogP) is 3.55. The molecule has 2 aromatic rings. The van der Waals surface area contributed by atoms with E-state index in [0.717, 1.165) is 29.7 Å². The van der Waals surface area contributed by atoms with Gasteiger partial charge in [0.1, 0.15) is 0 Å². The monoisotopic (exact) mass is 460 g/mol. The van der Waals surface area contributed by atoms with E-state index < -0.39 is 0 Å². The lowest BCUT2D eigenvalue weighted by atomic mass is 9.98. The van der Waals surface area contributed by atoms with Gasteiger partial charge >= 0.3 is 0 Å². The van der Waals surface area contributed by atoms with Crippen molar-refractivity contribution in [3.8, 4) is 29.5 Å². The number of aliphatic imine (C=N–C) groups is 1. The molecular weight excluding hydrogens is 428 g/mol. The van der Waals surface area contributed by atoms with E-state index in [1.165, 1.54) is 12.8 Å². The average molecular weight is 461 g/mol. The van der Waals surface area contributed by atoms with Crippen LogP contribution in [0.1, 0.15) is 49.1 Å². The lowest BCUT2D eigenvalue weighted by molar-refractivity contribution is 0.200. The number of nitriles is 1. The Bertz CT molecular complexity index is 1030. The van der Waals surface area contributed by atoms with Crippen LogP contribution in [-0.4, -0.2) is 44.0 Å². The molecule has 0 aromatic heterocycles. The predicted molar refractivity (Wildman–Crippen MR) is 133 cm³/mol. The van der Waals surface area contributed by atoms with Crippen LogP contribution >= 0.6 is 0 Å². The molecule has 0 aliphatic heterocycles. The van der Waals surface area contributed by atoms with Gasteiger partial charge in [-0.3, -0.25) is 10.3 Å². The van der Waals surface area contributed by atoms with Gasteiger partial charge in [0.25, 0.3) is 0 Å². The summed E-state index contributed by atoms with van der Waals surface area (Å²) in [7, 11) is 1.64. The van der Waals surface area contributed by atoms with E-state index in [-0.39, 0.29) is 18.6 Å². The first kappa shape index (κ1) is 25.0. The Morgan fingerprint density at radius 1 is 1.18 bits per heavy atom. The van der Waals surface area contributed by atoms with Crippen molar-refractivity contribution >= 4 is 5.96 Å². The Hall–Kier alpha value is -3.68. The van der Waals surface area contributed by atoms with E-state index in [4.69, 9.17) is 19.8 Å². The van der Waals surface area contributed by atoms with Crippen molar-refractivity contribution < 1.29 is 14.6 Å². The van der Waals surface area contributed by atoms with Crippen molar-refractivity contribution in [1.29, 1.82) is 5.26 Å². The minimum absolute atomic E-state index is 0.0631. The number of aliphatic hydroxyl groups excluding tert-OH is 1. The van der Waals surface area contributed by atoms with Crippen LogP contribution in [0, 0.1) is 23.3 Å². The van der Waals surface area contributed by atoms with Crippen LogP contribution in [0.4, 0.5) is 0 Å². The Balaban J connectivity index is 1.88. The van der Waals surface area contributed by atoms with Crippen LogP contribution in [0.3, 0.4) is 0 Å². The third-order valence-corrected chi connectivity index (χ3v) is 5.58. The fourth-order valence-electron chi connectivity index (χ4n) is 3.78. The van der Waals surface area contributed by atoms with Gasteiger partial charge in [0.05, 0.1) is 25.7 Å². The lowest BCUT2D eigenvalue weighted by Gasteiger charge is -2.18. The number of hydrogen-bond acceptors (Lipinski definition) is 5. The molecule has 1 unspecified atom stereocenters. The zero-order valence-corrected chi connectivity index (χ0v) is 19.6. The quantitative estimate of drug-likeness (QED) is 0.132. The normalized spacial score (nSPS) is 14.4. The summed E-state index contributed by atoms with van der Waals surface area (Å²) >= 11 is 0. The Morgan fingerprint density at radius 2 is 1.97 bits per heavy atom. The van der Waals surface area contributed by atoms with Crippen LogP contribution in [0.25, 0.3) is 0 Å². The summed E-state index contributed by atoms with van der Waals surface area (Å²) in [4.78, 5) is 4.57. The second kappa shape index (κ2) is 13.8. The summed E-state index contributed by atoms with van der Waals surface area (Å²) in [6.45, 7) is 0.908. The van der Waals surface area contributed by atoms with Crippen molar-refractivity contribution in [2.75, 3.05) is 26.8 Å². The van der Waals surface area contributed by atoms with E-state index in [1.807, 2.05) is 54.7 Å². The molecule has 1 saturated carbocycles. The summed E-state index contributed by atoms with van der Waals surface area (Å²) in [5.41, 5.74) is 1.89. The van der Waals surface area contributed by atoms with Crippen LogP contribution in [0.2, 0.25) is 0 Å². The van der Waals surface area contributed by atoms with Gasteiger partial charge in [0, 0.05) is 18.7 Å². The zero-order chi connectivity index (χ0) is 24.0. The number of aliphatic hydroxyl groups is 1. The first-order chi connectivity index (χ1) is 16.7. The van der Waals surface area contributed by atoms with E-state index >= 15 is 0 Å². The third kappa shape index (κ3) is 7.72. The fourth-order valence-corrected chi connectivity index (χ4v) is 3.78. The highest BCUT2D eigenvalue weighted by molar-refractivity contribution is 5.81. The number of benzene rings is 2. The highest BCUT2D eigenvalue weighted by Gasteiger charge is 2.20. The molecule has 1 aliphatic carbocycles. The van der Waals surface area contributed by atoms with Crippen molar-refractivity contribution in [2.24, 2.45) is 4.99 Å². The molecule has 1 aliphatic rings. The molecule has 7 nitrogen and oxygen atoms in total. The number of ether oxygens (including phenoxy) is 2. The first-order valence-electron chi connectivity index (χ1n) is 11.7. The molecule has 7 heteroatoms. The van der Waals surface area contributed by atoms with Gasteiger partial charge < -0.3 is 19.9 Å². The molecule has 0 amide bonds. The summed E-state index contributed by atoms with van der Waals surface area (Å²) in [6, 6.07) is 15.7. The van der Waals surface area contributed by atoms with E-state index in [1.54, 1.807) is 7.11 Å². The maximum Gasteiger partial charge on any atom is 0.204 e. The highest BCUT2D eigenvalue weighted by atomic mass is 16.5. The maximum absolute atomic E-state index is 9.07. The Kier molecular flexibility index (Phi) is 10.1. The maximum atomic E-state index is 9.07. The molecule has 0 heterocycles. The van der Waals surface area contributed by atoms with Gasteiger partial charge in [-0.1, -0.05) is 36.1 Å². The van der Waals surface area contributed by atoms with Crippen LogP contribution in [0.5, 0.6) is 11.5 Å². The molecule has 1 fully saturated rings. The minimum Gasteiger partial charge on any atom is -0.493 e. The molecular formula is C27H32N4O3. The highest BCUT2D eigenvalue weighted by Crippen LogP contribution is 2.34. The fraction of sp³-hybridized carbons (Fsp3) is 0.407. The Labute approximate surface area is 201 Å². The first-order valence-corrected chi connectivity index (χ1v) is 11.7. The Morgan fingerprint density at radius 3 is 2.68 bits per heavy atom. The summed E-state index contributed by atoms with van der Waals surface area (Å²) < 4.78 is 11.8. The summed E-state index contributed by atoms with van der Waals surface area (Å²) in [6.07, 6.45) is 7.14. The smallest absolute Gasteiger partial charge is 0.204 e. The van der Waals surface area contributed by atoms with Crippen molar-refractivity contribution in [2.45, 2.75) is 44.1 Å². The van der Waals surface area contributed by atoms with Gasteiger partial charge in [-0.2, -0.15) is 5.26 Å². The SMILES string of the molecule is COc1ccc(C(C#Cc2ccccc2)CN=C(NC#N)NCCCO)cc1OC1CCCC1. The van der Waals surface area contributed by atoms with Gasteiger partial charge in [-0.05, 0) is 61.9 Å². The number of methoxy groups -OCH3 is 1. The second-order valence-electron chi connectivity index (χ2n) is 8.05. The van der Waals surface area contributed by atoms with E-state index in [2.05, 4.69) is 27.5 Å². The van der Waals surface area contributed by atoms with Crippen LogP contribution < -0.4 is 20.1 Å². The summed E-state index contributed by atoms with van der Waals surface area (Å²) in [5.74, 6) is 8.14. The number of nitrogens with zero attached hydrogens (tertiary/aromatic N) is 2. The van der Waals surface area contributed by atoms with Crippen LogP contribution in [0.15, 0.2) is 53.5 Å². The van der Waals surface area contributed by atoms with Gasteiger partial charge in [-0.25, -0.2) is 0 Å². The minimum atomic E-state index is -0.229. The topological polar surface area (TPSA) is 98.9 Å². The summed E-state index contributed by atoms with van der Waals surface area (Å²) in [5, 5.41) is 23.7. The average Bonchev–Trinajstić information content (AvgIpc) is 3.38. The lowest BCUT2D eigenvalue weighted by Crippen LogP contribution is -2.35. The standard InChI is InChI=1S/C27H32N4O3/c1-33-25-15-14-22(18-26(25)34-24-10-5-6-11-24)23(13-12-21-8-3-2-4-9-21)19-30-27(31-20-28)29-16-7-17-32/h2-4,8-9,14-15,18,23-24,32H,5-7,10-11,16-17,19H2,1H3,(H2,29,30,31). The van der Waals surface area contributed by atoms with Gasteiger partial charge in [0.2, 0.25) is 5.96 Å². The van der Waals surface area contributed by atoms with Gasteiger partial charge in [0.15, 0.2) is 17.7 Å². The number of guanidine groups is 1. The number of nitrogens with one attached hydrogen (secondary N) is 2. The molecule has 2 aromatic carbocycles. The van der Waals surface area contributed by atoms with Gasteiger partial charge in [-0.15, -0.1) is 0 Å².